The summed E-state index contributed by atoms with van der Waals surface area (Å²) in [6, 6.07) is 6.44. The summed E-state index contributed by atoms with van der Waals surface area (Å²) in [6.07, 6.45) is -2.02. The molecule has 0 N–H and O–H groups in total. The Morgan fingerprint density at radius 2 is 1.96 bits per heavy atom. The van der Waals surface area contributed by atoms with E-state index in [0.29, 0.717) is 5.52 Å². The highest BCUT2D eigenvalue weighted by molar-refractivity contribution is 5.79. The quantitative estimate of drug-likeness (QED) is 0.727. The maximum absolute atomic E-state index is 12.9. The molecule has 0 saturated heterocycles. The second-order valence-electron chi connectivity index (χ2n) is 4.80. The molecule has 0 fully saturated rings. The minimum atomic E-state index is -4.59. The number of rotatable bonds is 2. The van der Waals surface area contributed by atoms with Gasteiger partial charge in [-0.1, -0.05) is 0 Å². The first-order valence-corrected chi connectivity index (χ1v) is 6.52. The van der Waals surface area contributed by atoms with Crippen LogP contribution in [0.3, 0.4) is 0 Å². The molecule has 0 aliphatic rings. The van der Waals surface area contributed by atoms with E-state index in [-0.39, 0.29) is 11.1 Å². The topological polar surface area (TPSA) is 57.0 Å². The maximum atomic E-state index is 12.9. The summed E-state index contributed by atoms with van der Waals surface area (Å²) in [4.78, 5) is 19.1. The van der Waals surface area contributed by atoms with Crippen molar-refractivity contribution in [2.75, 3.05) is 0 Å². The van der Waals surface area contributed by atoms with Gasteiger partial charge in [0.05, 0.1) is 17.2 Å². The minimum Gasteiger partial charge on any atom is -0.438 e. The molecule has 0 bridgehead atoms. The number of nitrogens with zero attached hydrogens (tertiary/aromatic N) is 3. The molecule has 118 valence electrons. The SMILES string of the molecule is Cn1cnc(=O)c2cc(Oc3ncccc3C(F)(F)F)ccc21. The summed E-state index contributed by atoms with van der Waals surface area (Å²) in [7, 11) is 1.70. The molecule has 0 aliphatic carbocycles. The van der Waals surface area contributed by atoms with Crippen LogP contribution in [-0.4, -0.2) is 14.5 Å². The first-order valence-electron chi connectivity index (χ1n) is 6.52. The maximum Gasteiger partial charge on any atom is 0.421 e. The molecular weight excluding hydrogens is 311 g/mol. The average molecular weight is 321 g/mol. The zero-order valence-electron chi connectivity index (χ0n) is 11.8. The van der Waals surface area contributed by atoms with Gasteiger partial charge in [0.25, 0.3) is 5.56 Å². The Kier molecular flexibility index (Phi) is 3.51. The van der Waals surface area contributed by atoms with Crippen molar-refractivity contribution in [1.29, 1.82) is 0 Å². The smallest absolute Gasteiger partial charge is 0.421 e. The van der Waals surface area contributed by atoms with Crippen molar-refractivity contribution < 1.29 is 17.9 Å². The van der Waals surface area contributed by atoms with E-state index in [2.05, 4.69) is 9.97 Å². The second-order valence-corrected chi connectivity index (χ2v) is 4.80. The Morgan fingerprint density at radius 3 is 2.70 bits per heavy atom. The molecule has 8 heteroatoms. The lowest BCUT2D eigenvalue weighted by atomic mass is 10.2. The van der Waals surface area contributed by atoms with Gasteiger partial charge in [-0.2, -0.15) is 18.2 Å². The number of aromatic nitrogens is 3. The fraction of sp³-hybridized carbons (Fsp3) is 0.133. The van der Waals surface area contributed by atoms with E-state index in [4.69, 9.17) is 4.74 Å². The van der Waals surface area contributed by atoms with E-state index in [1.165, 1.54) is 30.7 Å². The minimum absolute atomic E-state index is 0.0757. The van der Waals surface area contributed by atoms with Crippen LogP contribution in [0.25, 0.3) is 10.9 Å². The number of ether oxygens (including phenoxy) is 1. The number of halogens is 3. The van der Waals surface area contributed by atoms with Gasteiger partial charge in [0.1, 0.15) is 11.3 Å². The molecule has 2 aromatic heterocycles. The third-order valence-corrected chi connectivity index (χ3v) is 3.22. The fourth-order valence-corrected chi connectivity index (χ4v) is 2.13. The van der Waals surface area contributed by atoms with Crippen molar-refractivity contribution in [1.82, 2.24) is 14.5 Å². The summed E-state index contributed by atoms with van der Waals surface area (Å²) in [6.45, 7) is 0. The van der Waals surface area contributed by atoms with Crippen LogP contribution in [0, 0.1) is 0 Å². The van der Waals surface area contributed by atoms with Crippen LogP contribution in [0.1, 0.15) is 5.56 Å². The van der Waals surface area contributed by atoms with Gasteiger partial charge < -0.3 is 9.30 Å². The van der Waals surface area contributed by atoms with Crippen LogP contribution < -0.4 is 10.3 Å². The molecule has 0 atom stereocenters. The van der Waals surface area contributed by atoms with Crippen molar-refractivity contribution in [3.63, 3.8) is 0 Å². The van der Waals surface area contributed by atoms with Gasteiger partial charge in [-0.25, -0.2) is 4.98 Å². The Morgan fingerprint density at radius 1 is 1.17 bits per heavy atom. The fourth-order valence-electron chi connectivity index (χ4n) is 2.13. The van der Waals surface area contributed by atoms with E-state index in [9.17, 15) is 18.0 Å². The normalized spacial score (nSPS) is 11.7. The molecule has 1 aromatic carbocycles. The monoisotopic (exact) mass is 321 g/mol. The summed E-state index contributed by atoms with van der Waals surface area (Å²) in [5.41, 5.74) is -0.880. The molecule has 5 nitrogen and oxygen atoms in total. The van der Waals surface area contributed by atoms with Crippen LogP contribution in [0.15, 0.2) is 47.7 Å². The highest BCUT2D eigenvalue weighted by Crippen LogP contribution is 2.36. The Labute approximate surface area is 128 Å². The highest BCUT2D eigenvalue weighted by atomic mass is 19.4. The Bertz CT molecular complexity index is 935. The summed E-state index contributed by atoms with van der Waals surface area (Å²) >= 11 is 0. The largest absolute Gasteiger partial charge is 0.438 e. The van der Waals surface area contributed by atoms with Gasteiger partial charge in [-0.3, -0.25) is 4.79 Å². The molecule has 23 heavy (non-hydrogen) atoms. The van der Waals surface area contributed by atoms with Crippen LogP contribution in [-0.2, 0) is 13.2 Å². The first-order chi connectivity index (χ1) is 10.9. The second kappa shape index (κ2) is 5.38. The van der Waals surface area contributed by atoms with Crippen molar-refractivity contribution >= 4 is 10.9 Å². The molecule has 0 spiro atoms. The zero-order valence-corrected chi connectivity index (χ0v) is 11.8. The lowest BCUT2D eigenvalue weighted by Gasteiger charge is -2.12. The Hall–Kier alpha value is -2.90. The molecule has 0 amide bonds. The number of hydrogen-bond acceptors (Lipinski definition) is 4. The van der Waals surface area contributed by atoms with E-state index >= 15 is 0 Å². The van der Waals surface area contributed by atoms with Gasteiger partial charge in [0.15, 0.2) is 0 Å². The van der Waals surface area contributed by atoms with Crippen molar-refractivity contribution in [2.24, 2.45) is 7.05 Å². The number of hydrogen-bond donors (Lipinski definition) is 0. The molecular formula is C15H10F3N3O2. The van der Waals surface area contributed by atoms with Crippen molar-refractivity contribution in [3.8, 4) is 11.6 Å². The molecule has 3 rings (SSSR count). The number of alkyl halides is 3. The average Bonchev–Trinajstić information content (AvgIpc) is 2.51. The Balaban J connectivity index is 2.07. The summed E-state index contributed by atoms with van der Waals surface area (Å²) in [5.74, 6) is -0.494. The van der Waals surface area contributed by atoms with Crippen molar-refractivity contribution in [3.05, 3.63) is 58.8 Å². The van der Waals surface area contributed by atoms with Crippen LogP contribution in [0.4, 0.5) is 13.2 Å². The van der Waals surface area contributed by atoms with Gasteiger partial charge in [-0.15, -0.1) is 0 Å². The molecule has 3 aromatic rings. The lowest BCUT2D eigenvalue weighted by Crippen LogP contribution is -2.11. The highest BCUT2D eigenvalue weighted by Gasteiger charge is 2.35. The molecule has 2 heterocycles. The summed E-state index contributed by atoms with van der Waals surface area (Å²) < 4.78 is 45.7. The number of fused-ring (bicyclic) bond motifs is 1. The van der Waals surface area contributed by atoms with Crippen molar-refractivity contribution in [2.45, 2.75) is 6.18 Å². The van der Waals surface area contributed by atoms with E-state index in [1.807, 2.05) is 0 Å². The molecule has 0 radical (unpaired) electrons. The molecule has 0 aliphatic heterocycles. The molecule has 0 unspecified atom stereocenters. The third-order valence-electron chi connectivity index (χ3n) is 3.22. The van der Waals surface area contributed by atoms with Gasteiger partial charge in [0, 0.05) is 13.2 Å². The first kappa shape index (κ1) is 15.0. The number of benzene rings is 1. The van der Waals surface area contributed by atoms with E-state index in [1.54, 1.807) is 17.7 Å². The van der Waals surface area contributed by atoms with Crippen LogP contribution in [0.2, 0.25) is 0 Å². The number of aryl methyl sites for hydroxylation is 1. The zero-order chi connectivity index (χ0) is 16.6. The standard InChI is InChI=1S/C15H10F3N3O2/c1-21-8-20-13(22)10-7-9(4-5-12(10)21)23-14-11(15(16,17)18)3-2-6-19-14/h2-8H,1H3. The van der Waals surface area contributed by atoms with Gasteiger partial charge in [-0.05, 0) is 30.3 Å². The van der Waals surface area contributed by atoms with E-state index < -0.39 is 23.2 Å². The molecule has 0 saturated carbocycles. The van der Waals surface area contributed by atoms with Gasteiger partial charge >= 0.3 is 6.18 Å². The summed E-state index contributed by atoms with van der Waals surface area (Å²) in [5, 5.41) is 0.247. The third kappa shape index (κ3) is 2.87. The number of pyridine rings is 1. The van der Waals surface area contributed by atoms with Gasteiger partial charge in [0.2, 0.25) is 5.88 Å². The van der Waals surface area contributed by atoms with E-state index in [0.717, 1.165) is 6.07 Å². The lowest BCUT2D eigenvalue weighted by molar-refractivity contribution is -0.138. The van der Waals surface area contributed by atoms with Crippen LogP contribution >= 0.6 is 0 Å². The van der Waals surface area contributed by atoms with Crippen LogP contribution in [0.5, 0.6) is 11.6 Å². The predicted octanol–water partition coefficient (Wildman–Crippen LogP) is 3.14. The predicted molar refractivity (Wildman–Crippen MR) is 76.3 cm³/mol.